The minimum Gasteiger partial charge on any atom is -0.342 e. The molecule has 1 aliphatic heterocycles. The molecule has 6 nitrogen and oxygen atoms in total. The van der Waals surface area contributed by atoms with Crippen LogP contribution < -0.4 is 5.32 Å². The van der Waals surface area contributed by atoms with Crippen LogP contribution in [-0.2, 0) is 9.59 Å². The number of hydrogen-bond acceptors (Lipinski definition) is 4. The van der Waals surface area contributed by atoms with Crippen LogP contribution >= 0.6 is 0 Å². The van der Waals surface area contributed by atoms with E-state index in [-0.39, 0.29) is 11.8 Å². The number of nitrogens with zero attached hydrogens (tertiary/aromatic N) is 3. The predicted molar refractivity (Wildman–Crippen MR) is 101 cm³/mol. The zero-order valence-electron chi connectivity index (χ0n) is 15.6. The highest BCUT2D eigenvalue weighted by molar-refractivity contribution is 5.92. The highest BCUT2D eigenvalue weighted by Gasteiger charge is 2.22. The number of rotatable bonds is 7. The number of piperazine rings is 1. The Bertz CT molecular complexity index is 579. The fourth-order valence-electron chi connectivity index (χ4n) is 3.08. The lowest BCUT2D eigenvalue weighted by Crippen LogP contribution is -2.51. The molecule has 1 aromatic rings. The summed E-state index contributed by atoms with van der Waals surface area (Å²) in [6.45, 7) is 11.7. The van der Waals surface area contributed by atoms with Crippen LogP contribution in [0.4, 0.5) is 5.69 Å². The molecule has 0 spiro atoms. The van der Waals surface area contributed by atoms with Crippen molar-refractivity contribution in [2.24, 2.45) is 0 Å². The minimum absolute atomic E-state index is 0.0157. The van der Waals surface area contributed by atoms with E-state index in [0.717, 1.165) is 50.5 Å². The largest absolute Gasteiger partial charge is 0.342 e. The van der Waals surface area contributed by atoms with E-state index < -0.39 is 0 Å². The summed E-state index contributed by atoms with van der Waals surface area (Å²) < 4.78 is 0. The molecule has 1 N–H and O–H groups in total. The molecule has 0 radical (unpaired) electrons. The molecule has 1 saturated heterocycles. The van der Waals surface area contributed by atoms with Crippen molar-refractivity contribution in [3.05, 3.63) is 29.8 Å². The second-order valence-electron chi connectivity index (χ2n) is 6.48. The van der Waals surface area contributed by atoms with Crippen LogP contribution in [0, 0.1) is 6.92 Å². The summed E-state index contributed by atoms with van der Waals surface area (Å²) in [5, 5.41) is 2.98. The van der Waals surface area contributed by atoms with Crippen LogP contribution in [0.1, 0.15) is 19.4 Å². The summed E-state index contributed by atoms with van der Waals surface area (Å²) in [6.07, 6.45) is 0. The van der Waals surface area contributed by atoms with E-state index in [0.29, 0.717) is 13.1 Å². The Morgan fingerprint density at radius 1 is 1.00 bits per heavy atom. The van der Waals surface area contributed by atoms with Crippen molar-refractivity contribution in [2.75, 3.05) is 57.7 Å². The molecule has 2 rings (SSSR count). The Balaban J connectivity index is 1.74. The van der Waals surface area contributed by atoms with E-state index in [1.54, 1.807) is 0 Å². The summed E-state index contributed by atoms with van der Waals surface area (Å²) in [5.74, 6) is 0.206. The first-order chi connectivity index (χ1) is 12.0. The van der Waals surface area contributed by atoms with Gasteiger partial charge in [0.05, 0.1) is 13.1 Å². The van der Waals surface area contributed by atoms with Gasteiger partial charge in [0.1, 0.15) is 0 Å². The number of benzene rings is 1. The first kappa shape index (κ1) is 19.4. The monoisotopic (exact) mass is 346 g/mol. The SMILES string of the molecule is CCN(CC)C(=O)CN1CCN(CC(=O)Nc2ccccc2C)CC1. The highest BCUT2D eigenvalue weighted by Crippen LogP contribution is 2.13. The van der Waals surface area contributed by atoms with Gasteiger partial charge >= 0.3 is 0 Å². The molecule has 0 atom stereocenters. The van der Waals surface area contributed by atoms with Crippen molar-refractivity contribution in [3.63, 3.8) is 0 Å². The Morgan fingerprint density at radius 3 is 2.12 bits per heavy atom. The van der Waals surface area contributed by atoms with Gasteiger partial charge in [0.15, 0.2) is 0 Å². The first-order valence-corrected chi connectivity index (χ1v) is 9.11. The van der Waals surface area contributed by atoms with Gasteiger partial charge < -0.3 is 10.2 Å². The molecular formula is C19H30N4O2. The molecule has 1 fully saturated rings. The zero-order valence-corrected chi connectivity index (χ0v) is 15.6. The van der Waals surface area contributed by atoms with E-state index in [9.17, 15) is 9.59 Å². The number of aryl methyl sites for hydroxylation is 1. The summed E-state index contributed by atoms with van der Waals surface area (Å²) >= 11 is 0. The number of amides is 2. The quantitative estimate of drug-likeness (QED) is 0.811. The number of nitrogens with one attached hydrogen (secondary N) is 1. The van der Waals surface area contributed by atoms with E-state index in [4.69, 9.17) is 0 Å². The third kappa shape index (κ3) is 5.83. The van der Waals surface area contributed by atoms with E-state index in [2.05, 4.69) is 15.1 Å². The maximum atomic E-state index is 12.2. The number of likely N-dealkylation sites (N-methyl/N-ethyl adjacent to an activating group) is 1. The minimum atomic E-state index is 0.0157. The van der Waals surface area contributed by atoms with Gasteiger partial charge in [-0.25, -0.2) is 0 Å². The number of hydrogen-bond donors (Lipinski definition) is 1. The van der Waals surface area contributed by atoms with Crippen LogP contribution in [0.25, 0.3) is 0 Å². The molecule has 1 aromatic carbocycles. The number of anilines is 1. The van der Waals surface area contributed by atoms with Gasteiger partial charge in [0.25, 0.3) is 0 Å². The molecule has 1 aliphatic rings. The molecule has 0 bridgehead atoms. The Hall–Kier alpha value is -1.92. The fourth-order valence-corrected chi connectivity index (χ4v) is 3.08. The maximum absolute atomic E-state index is 12.2. The lowest BCUT2D eigenvalue weighted by Gasteiger charge is -2.34. The predicted octanol–water partition coefficient (Wildman–Crippen LogP) is 1.42. The third-order valence-electron chi connectivity index (χ3n) is 4.73. The highest BCUT2D eigenvalue weighted by atomic mass is 16.2. The standard InChI is InChI=1S/C19H30N4O2/c1-4-23(5-2)19(25)15-22-12-10-21(11-13-22)14-18(24)20-17-9-7-6-8-16(17)3/h6-9H,4-5,10-15H2,1-3H3,(H,20,24). The molecule has 0 saturated carbocycles. The molecule has 2 amide bonds. The van der Waals surface area contributed by atoms with Crippen LogP contribution in [0.5, 0.6) is 0 Å². The van der Waals surface area contributed by atoms with Gasteiger partial charge in [-0.3, -0.25) is 19.4 Å². The van der Waals surface area contributed by atoms with Crippen molar-refractivity contribution >= 4 is 17.5 Å². The molecule has 138 valence electrons. The summed E-state index contributed by atoms with van der Waals surface area (Å²) in [5.41, 5.74) is 1.94. The average Bonchev–Trinajstić information content (AvgIpc) is 2.60. The van der Waals surface area contributed by atoms with E-state index in [1.807, 2.05) is 49.9 Å². The van der Waals surface area contributed by atoms with Crippen molar-refractivity contribution in [1.82, 2.24) is 14.7 Å². The Kier molecular flexibility index (Phi) is 7.40. The van der Waals surface area contributed by atoms with E-state index >= 15 is 0 Å². The van der Waals surface area contributed by atoms with Gasteiger partial charge in [0, 0.05) is 45.0 Å². The number of carbonyl (C=O) groups excluding carboxylic acids is 2. The third-order valence-corrected chi connectivity index (χ3v) is 4.73. The molecule has 6 heteroatoms. The molecule has 0 aromatic heterocycles. The lowest BCUT2D eigenvalue weighted by atomic mass is 10.2. The van der Waals surface area contributed by atoms with Gasteiger partial charge in [0.2, 0.25) is 11.8 Å². The van der Waals surface area contributed by atoms with Crippen LogP contribution in [0.15, 0.2) is 24.3 Å². The number of carbonyl (C=O) groups is 2. The number of para-hydroxylation sites is 1. The fraction of sp³-hybridized carbons (Fsp3) is 0.579. The van der Waals surface area contributed by atoms with Crippen molar-refractivity contribution in [2.45, 2.75) is 20.8 Å². The van der Waals surface area contributed by atoms with Gasteiger partial charge in [-0.15, -0.1) is 0 Å². The summed E-state index contributed by atoms with van der Waals surface area (Å²) in [7, 11) is 0. The lowest BCUT2D eigenvalue weighted by molar-refractivity contribution is -0.132. The van der Waals surface area contributed by atoms with Crippen LogP contribution in [0.3, 0.4) is 0 Å². The second kappa shape index (κ2) is 9.53. The van der Waals surface area contributed by atoms with Gasteiger partial charge in [-0.1, -0.05) is 18.2 Å². The first-order valence-electron chi connectivity index (χ1n) is 9.11. The van der Waals surface area contributed by atoms with Gasteiger partial charge in [-0.05, 0) is 32.4 Å². The molecular weight excluding hydrogens is 316 g/mol. The smallest absolute Gasteiger partial charge is 0.238 e. The van der Waals surface area contributed by atoms with Gasteiger partial charge in [-0.2, -0.15) is 0 Å². The second-order valence-corrected chi connectivity index (χ2v) is 6.48. The van der Waals surface area contributed by atoms with Crippen molar-refractivity contribution in [3.8, 4) is 0 Å². The van der Waals surface area contributed by atoms with Crippen molar-refractivity contribution < 1.29 is 9.59 Å². The Morgan fingerprint density at radius 2 is 1.56 bits per heavy atom. The van der Waals surface area contributed by atoms with E-state index in [1.165, 1.54) is 0 Å². The van der Waals surface area contributed by atoms with Crippen LogP contribution in [0.2, 0.25) is 0 Å². The molecule has 0 unspecified atom stereocenters. The molecule has 1 heterocycles. The summed E-state index contributed by atoms with van der Waals surface area (Å²) in [4.78, 5) is 30.6. The Labute approximate surface area is 150 Å². The van der Waals surface area contributed by atoms with Crippen molar-refractivity contribution in [1.29, 1.82) is 0 Å². The summed E-state index contributed by atoms with van der Waals surface area (Å²) in [6, 6.07) is 7.79. The molecule has 0 aliphatic carbocycles. The van der Waals surface area contributed by atoms with Crippen LogP contribution in [-0.4, -0.2) is 78.9 Å². The molecule has 25 heavy (non-hydrogen) atoms. The maximum Gasteiger partial charge on any atom is 0.238 e. The normalized spacial score (nSPS) is 15.8. The zero-order chi connectivity index (χ0) is 18.2. The topological polar surface area (TPSA) is 55.9 Å². The average molecular weight is 346 g/mol.